The average molecular weight is 605 g/mol. The largest absolute Gasteiger partial charge is 0.482 e. The van der Waals surface area contributed by atoms with E-state index in [9.17, 15) is 5.26 Å². The van der Waals surface area contributed by atoms with Crippen LogP contribution in [0.5, 0.6) is 5.75 Å². The molecular weight excluding hydrogens is 576 g/mol. The highest BCUT2D eigenvalue weighted by atomic mass is 16.5. The Morgan fingerprint density at radius 2 is 1.45 bits per heavy atom. The highest BCUT2D eigenvalue weighted by molar-refractivity contribution is 5.99. The van der Waals surface area contributed by atoms with Gasteiger partial charge >= 0.3 is 0 Å². The molecule has 3 heterocycles. The molecule has 1 unspecified atom stereocenters. The van der Waals surface area contributed by atoms with Crippen LogP contribution in [0, 0.1) is 11.3 Å². The van der Waals surface area contributed by atoms with Gasteiger partial charge in [0.2, 0.25) is 0 Å². The number of rotatable bonds is 4. The van der Waals surface area contributed by atoms with Crippen molar-refractivity contribution >= 4 is 22.6 Å². The second-order valence-electron chi connectivity index (χ2n) is 12.4. The van der Waals surface area contributed by atoms with Gasteiger partial charge in [0, 0.05) is 45.3 Å². The van der Waals surface area contributed by atoms with Crippen molar-refractivity contribution in [3.05, 3.63) is 156 Å². The van der Waals surface area contributed by atoms with Gasteiger partial charge in [-0.15, -0.1) is 0 Å². The van der Waals surface area contributed by atoms with E-state index in [4.69, 9.17) is 14.7 Å². The van der Waals surface area contributed by atoms with Crippen LogP contribution in [0.1, 0.15) is 29.3 Å². The Balaban J connectivity index is 1.23. The first-order valence-corrected chi connectivity index (χ1v) is 15.8. The van der Waals surface area contributed by atoms with Crippen molar-refractivity contribution < 1.29 is 4.74 Å². The van der Waals surface area contributed by atoms with Gasteiger partial charge in [-0.1, -0.05) is 91.0 Å². The Morgan fingerprint density at radius 3 is 2.32 bits per heavy atom. The van der Waals surface area contributed by atoms with Crippen molar-refractivity contribution in [3.8, 4) is 51.4 Å². The van der Waals surface area contributed by atoms with E-state index in [1.54, 1.807) is 0 Å². The van der Waals surface area contributed by atoms with Gasteiger partial charge in [-0.2, -0.15) is 5.26 Å². The van der Waals surface area contributed by atoms with Crippen molar-refractivity contribution in [1.29, 1.82) is 5.26 Å². The second kappa shape index (κ2) is 10.4. The lowest BCUT2D eigenvalue weighted by Crippen LogP contribution is -2.34. The summed E-state index contributed by atoms with van der Waals surface area (Å²) in [6.45, 7) is 2.20. The molecule has 0 bridgehead atoms. The minimum absolute atomic E-state index is 0.418. The summed E-state index contributed by atoms with van der Waals surface area (Å²) >= 11 is 0. The highest BCUT2D eigenvalue weighted by Crippen LogP contribution is 2.51. The fourth-order valence-corrected chi connectivity index (χ4v) is 7.15. The number of nitriles is 1. The first-order valence-electron chi connectivity index (χ1n) is 15.8. The quantitative estimate of drug-likeness (QED) is 0.201. The summed E-state index contributed by atoms with van der Waals surface area (Å²) < 4.78 is 8.96. The standard InChI is InChI=1S/C42H28N4O/c1-42-25-34-32-17-5-7-19-38(32)46(39(34)23-35(42)33-18-6-8-20-40(33)47-42)31-16-10-15-30(22-31)41-44-36(28-12-3-2-4-13-28)24-37(45-41)29-14-9-11-27(21-29)26-43/h2-24H,25H2,1H3. The maximum atomic E-state index is 9.57. The summed E-state index contributed by atoms with van der Waals surface area (Å²) in [5, 5.41) is 10.8. The van der Waals surface area contributed by atoms with Gasteiger partial charge in [0.05, 0.1) is 34.2 Å². The molecule has 47 heavy (non-hydrogen) atoms. The minimum Gasteiger partial charge on any atom is -0.482 e. The van der Waals surface area contributed by atoms with E-state index in [1.165, 1.54) is 22.2 Å². The van der Waals surface area contributed by atoms with Crippen molar-refractivity contribution in [2.45, 2.75) is 18.9 Å². The molecule has 2 aromatic heterocycles. The van der Waals surface area contributed by atoms with Crippen molar-refractivity contribution in [3.63, 3.8) is 0 Å². The molecule has 0 N–H and O–H groups in total. The number of nitrogens with zero attached hydrogens (tertiary/aromatic N) is 4. The molecule has 7 aromatic rings. The van der Waals surface area contributed by atoms with Crippen LogP contribution in [0.2, 0.25) is 0 Å². The Bertz CT molecular complexity index is 2450. The predicted molar refractivity (Wildman–Crippen MR) is 187 cm³/mol. The first kappa shape index (κ1) is 27.1. The summed E-state index contributed by atoms with van der Waals surface area (Å²) in [6.07, 6.45) is 3.10. The number of aromatic nitrogens is 3. The molecule has 0 saturated carbocycles. The second-order valence-corrected chi connectivity index (χ2v) is 12.4. The molecule has 0 fully saturated rings. The molecule has 0 amide bonds. The van der Waals surface area contributed by atoms with Crippen LogP contribution < -0.4 is 4.74 Å². The number of fused-ring (bicyclic) bond motifs is 6. The molecule has 2 aliphatic rings. The molecule has 5 nitrogen and oxygen atoms in total. The SMILES string of the molecule is CC12Cc3c(n(-c4cccc(-c5nc(-c6ccccc6)cc(-c6cccc(C#N)c6)n5)c4)c4ccccc34)C=C1c1ccccc1O2. The van der Waals surface area contributed by atoms with Crippen LogP contribution >= 0.6 is 0 Å². The Morgan fingerprint density at radius 1 is 0.723 bits per heavy atom. The summed E-state index contributed by atoms with van der Waals surface area (Å²) in [6, 6.07) is 47.4. The van der Waals surface area contributed by atoms with Crippen LogP contribution in [-0.2, 0) is 6.42 Å². The first-order chi connectivity index (χ1) is 23.1. The predicted octanol–water partition coefficient (Wildman–Crippen LogP) is 9.54. The lowest BCUT2D eigenvalue weighted by atomic mass is 9.81. The van der Waals surface area contributed by atoms with Gasteiger partial charge in [0.25, 0.3) is 0 Å². The molecule has 1 atom stereocenters. The van der Waals surface area contributed by atoms with Gasteiger partial charge < -0.3 is 9.30 Å². The van der Waals surface area contributed by atoms with Crippen LogP contribution in [0.25, 0.3) is 62.1 Å². The molecule has 1 aliphatic heterocycles. The normalized spacial score (nSPS) is 16.0. The summed E-state index contributed by atoms with van der Waals surface area (Å²) in [5.41, 5.74) is 11.6. The fourth-order valence-electron chi connectivity index (χ4n) is 7.15. The van der Waals surface area contributed by atoms with E-state index in [2.05, 4.69) is 102 Å². The zero-order chi connectivity index (χ0) is 31.5. The van der Waals surface area contributed by atoms with Gasteiger partial charge in [-0.25, -0.2) is 9.97 Å². The van der Waals surface area contributed by atoms with Gasteiger partial charge in [0.15, 0.2) is 5.82 Å². The van der Waals surface area contributed by atoms with E-state index in [-0.39, 0.29) is 0 Å². The molecule has 0 saturated heterocycles. The number of hydrogen-bond acceptors (Lipinski definition) is 4. The molecule has 0 radical (unpaired) electrons. The zero-order valence-electron chi connectivity index (χ0n) is 25.7. The Kier molecular flexibility index (Phi) is 6.00. The third-order valence-electron chi connectivity index (χ3n) is 9.34. The minimum atomic E-state index is -0.418. The fraction of sp³-hybridized carbons (Fsp3) is 0.0714. The van der Waals surface area contributed by atoms with Crippen molar-refractivity contribution in [1.82, 2.24) is 14.5 Å². The smallest absolute Gasteiger partial charge is 0.160 e. The average Bonchev–Trinajstić information content (AvgIpc) is 3.61. The van der Waals surface area contributed by atoms with Crippen LogP contribution in [0.15, 0.2) is 133 Å². The molecule has 0 spiro atoms. The van der Waals surface area contributed by atoms with Gasteiger partial charge in [-0.05, 0) is 61.0 Å². The van der Waals surface area contributed by atoms with Crippen LogP contribution in [-0.4, -0.2) is 20.1 Å². The summed E-state index contributed by atoms with van der Waals surface area (Å²) in [7, 11) is 0. The molecule has 9 rings (SSSR count). The third kappa shape index (κ3) is 4.38. The van der Waals surface area contributed by atoms with Crippen molar-refractivity contribution in [2.24, 2.45) is 0 Å². The number of hydrogen-bond donors (Lipinski definition) is 0. The van der Waals surface area contributed by atoms with E-state index in [0.29, 0.717) is 11.4 Å². The Hall–Kier alpha value is -6.25. The van der Waals surface area contributed by atoms with E-state index in [0.717, 1.165) is 57.0 Å². The topological polar surface area (TPSA) is 63.7 Å². The molecule has 5 aromatic carbocycles. The van der Waals surface area contributed by atoms with Crippen molar-refractivity contribution in [2.75, 3.05) is 0 Å². The lowest BCUT2D eigenvalue weighted by Gasteiger charge is -2.30. The molecule has 1 aliphatic carbocycles. The summed E-state index contributed by atoms with van der Waals surface area (Å²) in [5.74, 6) is 1.57. The maximum Gasteiger partial charge on any atom is 0.160 e. The monoisotopic (exact) mass is 604 g/mol. The summed E-state index contributed by atoms with van der Waals surface area (Å²) in [4.78, 5) is 10.1. The van der Waals surface area contributed by atoms with Crippen LogP contribution in [0.4, 0.5) is 0 Å². The molecule has 5 heteroatoms. The van der Waals surface area contributed by atoms with Gasteiger partial charge in [-0.3, -0.25) is 0 Å². The van der Waals surface area contributed by atoms with E-state index in [1.807, 2.05) is 54.6 Å². The molecular formula is C42H28N4O. The highest BCUT2D eigenvalue weighted by Gasteiger charge is 2.44. The van der Waals surface area contributed by atoms with Crippen LogP contribution in [0.3, 0.4) is 0 Å². The lowest BCUT2D eigenvalue weighted by molar-refractivity contribution is 0.167. The number of benzene rings is 5. The third-order valence-corrected chi connectivity index (χ3v) is 9.34. The van der Waals surface area contributed by atoms with E-state index >= 15 is 0 Å². The number of para-hydroxylation sites is 2. The number of ether oxygens (including phenoxy) is 1. The van der Waals surface area contributed by atoms with E-state index < -0.39 is 5.60 Å². The van der Waals surface area contributed by atoms with Gasteiger partial charge in [0.1, 0.15) is 11.4 Å². The zero-order valence-corrected chi connectivity index (χ0v) is 25.7. The maximum absolute atomic E-state index is 9.57. The Labute approximate surface area is 272 Å². The molecule has 222 valence electrons.